The Balaban J connectivity index is 2.10. The zero-order valence-electron chi connectivity index (χ0n) is 14.6. The van der Waals surface area contributed by atoms with Gasteiger partial charge in [-0.2, -0.15) is 4.89 Å². The van der Waals surface area contributed by atoms with Crippen LogP contribution in [0.25, 0.3) is 0 Å². The van der Waals surface area contributed by atoms with Gasteiger partial charge < -0.3 is 4.74 Å². The van der Waals surface area contributed by atoms with Gasteiger partial charge in [-0.3, -0.25) is 4.79 Å². The summed E-state index contributed by atoms with van der Waals surface area (Å²) in [6, 6.07) is 7.80. The molecular formula is C18H24O4S. The Morgan fingerprint density at radius 3 is 2.43 bits per heavy atom. The quantitative estimate of drug-likeness (QED) is 0.596. The van der Waals surface area contributed by atoms with E-state index in [1.165, 1.54) is 11.8 Å². The summed E-state index contributed by atoms with van der Waals surface area (Å²) in [7, 11) is 0. The molecule has 2 aliphatic heterocycles. The maximum atomic E-state index is 11.4. The number of hydrogen-bond donors (Lipinski definition) is 0. The molecular weight excluding hydrogens is 312 g/mol. The highest BCUT2D eigenvalue weighted by Crippen LogP contribution is 2.69. The van der Waals surface area contributed by atoms with Crippen molar-refractivity contribution >= 4 is 16.9 Å². The molecule has 0 aliphatic carbocycles. The standard InChI is InChI=1S/C18H24O4S/c1-12(19)23-14-9-7-8-13(10-14)17-18(22-21-17,15(2,3)4)16(5,6)11-20-17/h7-10H,11H2,1-6H3. The maximum absolute atomic E-state index is 11.4. The minimum Gasteiger partial charge on any atom is -0.341 e. The van der Waals surface area contributed by atoms with Crippen molar-refractivity contribution in [3.05, 3.63) is 29.8 Å². The van der Waals surface area contributed by atoms with Gasteiger partial charge >= 0.3 is 0 Å². The van der Waals surface area contributed by atoms with Crippen molar-refractivity contribution in [2.24, 2.45) is 10.8 Å². The van der Waals surface area contributed by atoms with Crippen LogP contribution in [0, 0.1) is 10.8 Å². The molecule has 0 saturated carbocycles. The number of rotatable bonds is 2. The fourth-order valence-electron chi connectivity index (χ4n) is 4.17. The summed E-state index contributed by atoms with van der Waals surface area (Å²) in [4.78, 5) is 23.7. The minimum atomic E-state index is -0.928. The molecule has 2 aliphatic rings. The van der Waals surface area contributed by atoms with E-state index in [0.717, 1.165) is 10.5 Å². The molecule has 0 spiro atoms. The molecule has 0 amide bonds. The largest absolute Gasteiger partial charge is 0.341 e. The first kappa shape index (κ1) is 17.0. The number of carbonyl (C=O) groups is 1. The van der Waals surface area contributed by atoms with Crippen LogP contribution in [-0.2, 0) is 25.1 Å². The number of hydrogen-bond acceptors (Lipinski definition) is 5. The van der Waals surface area contributed by atoms with E-state index in [-0.39, 0.29) is 15.9 Å². The van der Waals surface area contributed by atoms with Gasteiger partial charge in [0.15, 0.2) is 10.7 Å². The van der Waals surface area contributed by atoms with E-state index in [1.54, 1.807) is 6.92 Å². The second-order valence-electron chi connectivity index (χ2n) is 8.01. The van der Waals surface area contributed by atoms with Gasteiger partial charge in [-0.05, 0) is 12.1 Å². The second-order valence-corrected chi connectivity index (χ2v) is 9.26. The van der Waals surface area contributed by atoms with E-state index in [9.17, 15) is 4.79 Å². The Bertz CT molecular complexity index is 649. The maximum Gasteiger partial charge on any atom is 0.261 e. The van der Waals surface area contributed by atoms with Crippen LogP contribution in [0.4, 0.5) is 0 Å². The zero-order valence-corrected chi connectivity index (χ0v) is 15.4. The van der Waals surface area contributed by atoms with Gasteiger partial charge in [0.2, 0.25) is 0 Å². The third-order valence-corrected chi connectivity index (χ3v) is 5.65. The summed E-state index contributed by atoms with van der Waals surface area (Å²) >= 11 is 1.21. The van der Waals surface area contributed by atoms with Crippen LogP contribution in [0.3, 0.4) is 0 Å². The molecule has 0 aromatic heterocycles. The summed E-state index contributed by atoms with van der Waals surface area (Å²) in [6.07, 6.45) is 0. The molecule has 23 heavy (non-hydrogen) atoms. The SMILES string of the molecule is CC(=O)Sc1cccc(C23OCC(C)(C)C2(C(C)(C)C)OO3)c1. The van der Waals surface area contributed by atoms with E-state index in [0.29, 0.717) is 6.61 Å². The summed E-state index contributed by atoms with van der Waals surface area (Å²) in [6.45, 7) is 12.9. The Kier molecular flexibility index (Phi) is 3.73. The van der Waals surface area contributed by atoms with Gasteiger partial charge in [-0.1, -0.05) is 58.5 Å². The predicted octanol–water partition coefficient (Wildman–Crippen LogP) is 4.28. The van der Waals surface area contributed by atoms with Crippen molar-refractivity contribution in [3.63, 3.8) is 0 Å². The van der Waals surface area contributed by atoms with Crippen LogP contribution in [-0.4, -0.2) is 17.3 Å². The van der Waals surface area contributed by atoms with Crippen molar-refractivity contribution in [1.29, 1.82) is 0 Å². The van der Waals surface area contributed by atoms with Crippen molar-refractivity contribution in [1.82, 2.24) is 0 Å². The van der Waals surface area contributed by atoms with Gasteiger partial charge in [0.05, 0.1) is 6.61 Å². The van der Waals surface area contributed by atoms with E-state index >= 15 is 0 Å². The lowest BCUT2D eigenvalue weighted by Crippen LogP contribution is -2.73. The van der Waals surface area contributed by atoms with Crippen molar-refractivity contribution < 1.29 is 19.3 Å². The molecule has 5 heteroatoms. The fourth-order valence-corrected chi connectivity index (χ4v) is 4.83. The topological polar surface area (TPSA) is 44.8 Å². The van der Waals surface area contributed by atoms with E-state index < -0.39 is 11.4 Å². The Labute approximate surface area is 141 Å². The van der Waals surface area contributed by atoms with Gasteiger partial charge in [0, 0.05) is 28.2 Å². The Morgan fingerprint density at radius 1 is 1.22 bits per heavy atom. The molecule has 0 bridgehead atoms. The molecule has 1 aromatic rings. The normalized spacial score (nSPS) is 32.3. The molecule has 0 N–H and O–H groups in total. The van der Waals surface area contributed by atoms with Gasteiger partial charge in [-0.25, -0.2) is 4.89 Å². The second kappa shape index (κ2) is 5.06. The molecule has 2 atom stereocenters. The third-order valence-electron chi connectivity index (χ3n) is 4.87. The van der Waals surface area contributed by atoms with Crippen LogP contribution in [0.15, 0.2) is 29.2 Å². The van der Waals surface area contributed by atoms with Crippen molar-refractivity contribution in [2.75, 3.05) is 6.61 Å². The first-order valence-electron chi connectivity index (χ1n) is 7.86. The van der Waals surface area contributed by atoms with Crippen molar-refractivity contribution in [3.8, 4) is 0 Å². The highest BCUT2D eigenvalue weighted by atomic mass is 32.2. The first-order chi connectivity index (χ1) is 10.6. The summed E-state index contributed by atoms with van der Waals surface area (Å²) < 4.78 is 6.19. The van der Waals surface area contributed by atoms with Gasteiger partial charge in [-0.15, -0.1) is 0 Å². The lowest BCUT2D eigenvalue weighted by atomic mass is 9.57. The van der Waals surface area contributed by atoms with Crippen LogP contribution < -0.4 is 0 Å². The zero-order chi connectivity index (χ0) is 17.1. The lowest BCUT2D eigenvalue weighted by molar-refractivity contribution is -0.626. The molecule has 2 saturated heterocycles. The van der Waals surface area contributed by atoms with Crippen LogP contribution in [0.1, 0.15) is 47.1 Å². The highest BCUT2D eigenvalue weighted by molar-refractivity contribution is 8.13. The molecule has 2 fully saturated rings. The third kappa shape index (κ3) is 2.14. The monoisotopic (exact) mass is 336 g/mol. The van der Waals surface area contributed by atoms with Gasteiger partial charge in [0.25, 0.3) is 5.79 Å². The predicted molar refractivity (Wildman–Crippen MR) is 88.7 cm³/mol. The van der Waals surface area contributed by atoms with Crippen molar-refractivity contribution in [2.45, 2.75) is 57.8 Å². The molecule has 2 unspecified atom stereocenters. The summed E-state index contributed by atoms with van der Waals surface area (Å²) in [5.74, 6) is -0.928. The number of ether oxygens (including phenoxy) is 1. The first-order valence-corrected chi connectivity index (χ1v) is 8.67. The summed E-state index contributed by atoms with van der Waals surface area (Å²) in [5.41, 5.74) is -0.0789. The number of benzene rings is 1. The van der Waals surface area contributed by atoms with Crippen LogP contribution >= 0.6 is 11.8 Å². The molecule has 4 nitrogen and oxygen atoms in total. The van der Waals surface area contributed by atoms with E-state index in [2.05, 4.69) is 34.6 Å². The highest BCUT2D eigenvalue weighted by Gasteiger charge is 2.81. The number of thioether (sulfide) groups is 1. The lowest BCUT2D eigenvalue weighted by Gasteiger charge is -2.61. The van der Waals surface area contributed by atoms with E-state index in [1.807, 2.05) is 24.3 Å². The molecule has 0 radical (unpaired) electrons. The minimum absolute atomic E-state index is 0.0557. The van der Waals surface area contributed by atoms with Crippen LogP contribution in [0.2, 0.25) is 0 Å². The summed E-state index contributed by atoms with van der Waals surface area (Å²) in [5, 5.41) is 0.0557. The fraction of sp³-hybridized carbons (Fsp3) is 0.611. The molecule has 3 rings (SSSR count). The molecule has 1 aromatic carbocycles. The number of carbonyl (C=O) groups excluding carboxylic acids is 1. The Hall–Kier alpha value is -0.880. The van der Waals surface area contributed by atoms with Gasteiger partial charge in [0.1, 0.15) is 0 Å². The molecule has 126 valence electrons. The van der Waals surface area contributed by atoms with Crippen LogP contribution in [0.5, 0.6) is 0 Å². The smallest absolute Gasteiger partial charge is 0.261 e. The average Bonchev–Trinajstić information content (AvgIpc) is 2.51. The average molecular weight is 336 g/mol. The van der Waals surface area contributed by atoms with E-state index in [4.69, 9.17) is 14.5 Å². The number of fused-ring (bicyclic) bond motifs is 1. The Morgan fingerprint density at radius 2 is 1.91 bits per heavy atom. The molecule has 2 heterocycles.